The molecule has 0 saturated carbocycles. The molecular weight excluding hydrogens is 525 g/mol. The summed E-state index contributed by atoms with van der Waals surface area (Å²) < 4.78 is 20.3. The van der Waals surface area contributed by atoms with Crippen molar-refractivity contribution in [3.63, 3.8) is 0 Å². The molecule has 194 valence electrons. The lowest BCUT2D eigenvalue weighted by Gasteiger charge is -2.10. The summed E-state index contributed by atoms with van der Waals surface area (Å²) in [6.07, 6.45) is 1.36. The standard InChI is InChI=1S/C27H24FN5O3S2/c1-15-16(2)25(31-27-29-18-9-4-6-11-21(18)38-27)33-32-19(15)14-23-30-24(26(34)35)22(37-23)12-7-13-36-20-10-5-3-8-17(20)28/h3-6,8-11H,7,12-14H2,1-2H3,(H,34,35)(H,29,31,33). The number of aryl methyl sites for hydroxylation is 1. The van der Waals surface area contributed by atoms with Crippen LogP contribution in [0.2, 0.25) is 0 Å². The summed E-state index contributed by atoms with van der Waals surface area (Å²) in [5, 5.41) is 23.1. The molecule has 0 fully saturated rings. The number of anilines is 2. The molecular formula is C27H24FN5O3S2. The van der Waals surface area contributed by atoms with Crippen molar-refractivity contribution in [1.29, 1.82) is 0 Å². The van der Waals surface area contributed by atoms with Crippen molar-refractivity contribution < 1.29 is 19.0 Å². The van der Waals surface area contributed by atoms with E-state index in [2.05, 4.69) is 25.5 Å². The average Bonchev–Trinajstić information content (AvgIpc) is 3.51. The maximum Gasteiger partial charge on any atom is 0.355 e. The fourth-order valence-electron chi connectivity index (χ4n) is 3.90. The normalized spacial score (nSPS) is 11.1. The Morgan fingerprint density at radius 1 is 1.03 bits per heavy atom. The van der Waals surface area contributed by atoms with Crippen molar-refractivity contribution in [1.82, 2.24) is 20.2 Å². The summed E-state index contributed by atoms with van der Waals surface area (Å²) in [4.78, 5) is 21.4. The molecule has 0 atom stereocenters. The Morgan fingerprint density at radius 2 is 1.82 bits per heavy atom. The fourth-order valence-corrected chi connectivity index (χ4v) is 5.87. The molecule has 8 nitrogen and oxygen atoms in total. The highest BCUT2D eigenvalue weighted by Gasteiger charge is 2.20. The summed E-state index contributed by atoms with van der Waals surface area (Å²) in [5.74, 6) is -0.689. The van der Waals surface area contributed by atoms with Gasteiger partial charge >= 0.3 is 5.97 Å². The second-order valence-corrected chi connectivity index (χ2v) is 10.8. The number of carboxylic acid groups (broad SMARTS) is 1. The minimum atomic E-state index is -1.08. The zero-order valence-corrected chi connectivity index (χ0v) is 22.3. The number of ether oxygens (including phenoxy) is 1. The van der Waals surface area contributed by atoms with E-state index in [0.717, 1.165) is 32.2 Å². The Bertz CT molecular complexity index is 1580. The number of hydrogen-bond acceptors (Lipinski definition) is 9. The van der Waals surface area contributed by atoms with Crippen LogP contribution in [-0.4, -0.2) is 37.8 Å². The molecule has 38 heavy (non-hydrogen) atoms. The largest absolute Gasteiger partial charge is 0.491 e. The Morgan fingerprint density at radius 3 is 2.61 bits per heavy atom. The van der Waals surface area contributed by atoms with Crippen LogP contribution in [0.3, 0.4) is 0 Å². The lowest BCUT2D eigenvalue weighted by molar-refractivity contribution is 0.0690. The van der Waals surface area contributed by atoms with E-state index in [-0.39, 0.29) is 18.1 Å². The second kappa shape index (κ2) is 11.2. The van der Waals surface area contributed by atoms with Crippen LogP contribution in [0, 0.1) is 19.7 Å². The molecule has 2 N–H and O–H groups in total. The molecule has 2 aromatic carbocycles. The number of hydrogen-bond donors (Lipinski definition) is 2. The fraction of sp³-hybridized carbons (Fsp3) is 0.222. The molecule has 3 aromatic heterocycles. The van der Waals surface area contributed by atoms with E-state index in [1.807, 2.05) is 38.1 Å². The van der Waals surface area contributed by atoms with Crippen molar-refractivity contribution in [2.45, 2.75) is 33.1 Å². The van der Waals surface area contributed by atoms with Gasteiger partial charge in [0.1, 0.15) is 0 Å². The van der Waals surface area contributed by atoms with Gasteiger partial charge in [-0.15, -0.1) is 16.4 Å². The summed E-state index contributed by atoms with van der Waals surface area (Å²) in [7, 11) is 0. The third-order valence-corrected chi connectivity index (χ3v) is 8.11. The molecule has 0 aliphatic heterocycles. The predicted molar refractivity (Wildman–Crippen MR) is 147 cm³/mol. The highest BCUT2D eigenvalue weighted by atomic mass is 32.1. The molecule has 0 unspecified atom stereocenters. The van der Waals surface area contributed by atoms with Crippen molar-refractivity contribution >= 4 is 49.8 Å². The Hall–Kier alpha value is -3.96. The molecule has 0 amide bonds. The van der Waals surface area contributed by atoms with E-state index in [9.17, 15) is 14.3 Å². The molecule has 0 aliphatic carbocycles. The van der Waals surface area contributed by atoms with Gasteiger partial charge in [0.05, 0.1) is 27.5 Å². The van der Waals surface area contributed by atoms with E-state index >= 15 is 0 Å². The van der Waals surface area contributed by atoms with Crippen molar-refractivity contribution in [3.8, 4) is 5.75 Å². The van der Waals surface area contributed by atoms with Crippen LogP contribution in [0.25, 0.3) is 10.2 Å². The van der Waals surface area contributed by atoms with Gasteiger partial charge in [0.25, 0.3) is 0 Å². The minimum absolute atomic E-state index is 0.0346. The number of halogens is 1. The highest BCUT2D eigenvalue weighted by Crippen LogP contribution is 2.30. The van der Waals surface area contributed by atoms with Gasteiger partial charge in [-0.1, -0.05) is 35.6 Å². The summed E-state index contributed by atoms with van der Waals surface area (Å²) >= 11 is 2.89. The summed E-state index contributed by atoms with van der Waals surface area (Å²) in [6.45, 7) is 4.20. The SMILES string of the molecule is Cc1c(Cc2nc(C(=O)O)c(CCCOc3ccccc3F)s2)nnc(Nc2nc3ccccc3s2)c1C. The van der Waals surface area contributed by atoms with Crippen LogP contribution in [0.15, 0.2) is 48.5 Å². The first-order chi connectivity index (χ1) is 18.4. The number of aromatic carboxylic acids is 1. The number of thiazole rings is 2. The maximum absolute atomic E-state index is 13.7. The lowest BCUT2D eigenvalue weighted by Crippen LogP contribution is -2.06. The van der Waals surface area contributed by atoms with E-state index < -0.39 is 11.8 Å². The number of aromatic nitrogens is 4. The zero-order valence-electron chi connectivity index (χ0n) is 20.7. The van der Waals surface area contributed by atoms with Gasteiger partial charge in [0, 0.05) is 11.3 Å². The molecule has 0 radical (unpaired) electrons. The molecule has 5 aromatic rings. The van der Waals surface area contributed by atoms with Gasteiger partial charge in [0.2, 0.25) is 0 Å². The van der Waals surface area contributed by atoms with Crippen LogP contribution in [0.1, 0.15) is 43.6 Å². The number of nitrogens with one attached hydrogen (secondary N) is 1. The van der Waals surface area contributed by atoms with Crippen molar-refractivity contribution in [3.05, 3.63) is 86.7 Å². The Balaban J connectivity index is 1.27. The molecule has 0 aliphatic rings. The number of fused-ring (bicyclic) bond motifs is 1. The van der Waals surface area contributed by atoms with Gasteiger partial charge in [-0.2, -0.15) is 5.10 Å². The lowest BCUT2D eigenvalue weighted by atomic mass is 10.1. The number of carboxylic acids is 1. The van der Waals surface area contributed by atoms with E-state index in [1.54, 1.807) is 29.5 Å². The topological polar surface area (TPSA) is 110 Å². The number of benzene rings is 2. The molecule has 0 bridgehead atoms. The maximum atomic E-state index is 13.7. The first-order valence-electron chi connectivity index (χ1n) is 11.9. The van der Waals surface area contributed by atoms with Gasteiger partial charge in [0.15, 0.2) is 28.2 Å². The van der Waals surface area contributed by atoms with Gasteiger partial charge in [-0.3, -0.25) is 0 Å². The average molecular weight is 550 g/mol. The zero-order chi connectivity index (χ0) is 26.6. The van der Waals surface area contributed by atoms with E-state index in [1.165, 1.54) is 17.4 Å². The van der Waals surface area contributed by atoms with Crippen LogP contribution in [0.5, 0.6) is 5.75 Å². The first kappa shape index (κ1) is 25.7. The van der Waals surface area contributed by atoms with Crippen LogP contribution in [0.4, 0.5) is 15.3 Å². The van der Waals surface area contributed by atoms with Gasteiger partial charge in [-0.05, 0) is 62.1 Å². The van der Waals surface area contributed by atoms with Gasteiger partial charge in [-0.25, -0.2) is 19.2 Å². The molecule has 0 spiro atoms. The Labute approximate surface area is 226 Å². The first-order valence-corrected chi connectivity index (χ1v) is 13.6. The van der Waals surface area contributed by atoms with Crippen LogP contribution < -0.4 is 10.1 Å². The molecule has 0 saturated heterocycles. The third kappa shape index (κ3) is 5.63. The van der Waals surface area contributed by atoms with Crippen molar-refractivity contribution in [2.75, 3.05) is 11.9 Å². The smallest absolute Gasteiger partial charge is 0.355 e. The summed E-state index contributed by atoms with van der Waals surface area (Å²) in [6, 6.07) is 14.1. The monoisotopic (exact) mass is 549 g/mol. The third-order valence-electron chi connectivity index (χ3n) is 6.05. The number of carbonyl (C=O) groups is 1. The van der Waals surface area contributed by atoms with Crippen molar-refractivity contribution in [2.24, 2.45) is 0 Å². The molecule has 11 heteroatoms. The Kier molecular flexibility index (Phi) is 7.57. The molecule has 5 rings (SSSR count). The van der Waals surface area contributed by atoms with Crippen LogP contribution in [-0.2, 0) is 12.8 Å². The van der Waals surface area contributed by atoms with Gasteiger partial charge < -0.3 is 15.2 Å². The summed E-state index contributed by atoms with van der Waals surface area (Å²) in [5.41, 5.74) is 3.58. The van der Waals surface area contributed by atoms with E-state index in [0.29, 0.717) is 35.0 Å². The predicted octanol–water partition coefficient (Wildman–Crippen LogP) is 6.34. The number of nitrogens with zero attached hydrogens (tertiary/aromatic N) is 4. The number of para-hydroxylation sites is 2. The number of rotatable bonds is 10. The second-order valence-electron chi connectivity index (χ2n) is 8.60. The quantitative estimate of drug-likeness (QED) is 0.194. The van der Waals surface area contributed by atoms with E-state index in [4.69, 9.17) is 4.74 Å². The van der Waals surface area contributed by atoms with Crippen LogP contribution >= 0.6 is 22.7 Å². The minimum Gasteiger partial charge on any atom is -0.491 e. The molecule has 3 heterocycles. The highest BCUT2D eigenvalue weighted by molar-refractivity contribution is 7.22.